The van der Waals surface area contributed by atoms with E-state index in [1.807, 2.05) is 27.7 Å². The molecule has 1 N–H and O–H groups in total. The molecule has 2 aromatic heterocycles. The van der Waals surface area contributed by atoms with Crippen molar-refractivity contribution in [1.29, 1.82) is 0 Å². The Labute approximate surface area is 128 Å². The Bertz CT molecular complexity index is 627. The van der Waals surface area contributed by atoms with Crippen LogP contribution in [-0.4, -0.2) is 37.9 Å². The van der Waals surface area contributed by atoms with E-state index in [0.29, 0.717) is 30.1 Å². The molecule has 7 nitrogen and oxygen atoms in total. The summed E-state index contributed by atoms with van der Waals surface area (Å²) >= 11 is 6.17. The van der Waals surface area contributed by atoms with Crippen LogP contribution < -0.4 is 10.1 Å². The SMILES string of the molecule is CCCOc1nc(NCC)nc(-n2nc(C)c(Cl)c2C)n1. The van der Waals surface area contributed by atoms with Gasteiger partial charge in [0.2, 0.25) is 5.95 Å². The summed E-state index contributed by atoms with van der Waals surface area (Å²) < 4.78 is 7.10. The van der Waals surface area contributed by atoms with Gasteiger partial charge in [-0.2, -0.15) is 20.1 Å². The molecule has 0 aliphatic carbocycles. The third kappa shape index (κ3) is 3.41. The summed E-state index contributed by atoms with van der Waals surface area (Å²) in [5.41, 5.74) is 1.51. The van der Waals surface area contributed by atoms with Gasteiger partial charge in [0.25, 0.3) is 5.95 Å². The second kappa shape index (κ2) is 6.71. The van der Waals surface area contributed by atoms with Gasteiger partial charge >= 0.3 is 6.01 Å². The lowest BCUT2D eigenvalue weighted by atomic mass is 10.4. The molecule has 0 saturated heterocycles. The lowest BCUT2D eigenvalue weighted by Gasteiger charge is -2.09. The van der Waals surface area contributed by atoms with Gasteiger partial charge in [0.05, 0.1) is 23.0 Å². The van der Waals surface area contributed by atoms with Crippen molar-refractivity contribution in [2.75, 3.05) is 18.5 Å². The van der Waals surface area contributed by atoms with E-state index in [1.54, 1.807) is 4.68 Å². The summed E-state index contributed by atoms with van der Waals surface area (Å²) in [4.78, 5) is 12.9. The monoisotopic (exact) mass is 310 g/mol. The first kappa shape index (κ1) is 15.5. The predicted octanol–water partition coefficient (Wildman–Crippen LogP) is 2.55. The van der Waals surface area contributed by atoms with E-state index in [4.69, 9.17) is 16.3 Å². The van der Waals surface area contributed by atoms with Crippen LogP contribution in [0.25, 0.3) is 5.95 Å². The molecule has 0 aliphatic rings. The largest absolute Gasteiger partial charge is 0.463 e. The minimum absolute atomic E-state index is 0.279. The molecule has 0 aliphatic heterocycles. The number of aryl methyl sites for hydroxylation is 1. The Morgan fingerprint density at radius 3 is 2.52 bits per heavy atom. The normalized spacial score (nSPS) is 10.7. The number of rotatable bonds is 6. The van der Waals surface area contributed by atoms with Crippen LogP contribution in [-0.2, 0) is 0 Å². The maximum atomic E-state index is 6.17. The van der Waals surface area contributed by atoms with Crippen LogP contribution in [0.4, 0.5) is 5.95 Å². The molecule has 0 aromatic carbocycles. The van der Waals surface area contributed by atoms with E-state index in [1.165, 1.54) is 0 Å². The van der Waals surface area contributed by atoms with Crippen molar-refractivity contribution in [3.05, 3.63) is 16.4 Å². The van der Waals surface area contributed by atoms with E-state index in [2.05, 4.69) is 25.4 Å². The average Bonchev–Trinajstić information content (AvgIpc) is 2.73. The van der Waals surface area contributed by atoms with Gasteiger partial charge in [-0.3, -0.25) is 0 Å². The fourth-order valence-corrected chi connectivity index (χ4v) is 1.87. The summed E-state index contributed by atoms with van der Waals surface area (Å²) in [6, 6.07) is 0.279. The summed E-state index contributed by atoms with van der Waals surface area (Å²) in [6.07, 6.45) is 0.878. The van der Waals surface area contributed by atoms with E-state index < -0.39 is 0 Å². The summed E-state index contributed by atoms with van der Waals surface area (Å²) in [5, 5.41) is 8.02. The van der Waals surface area contributed by atoms with Crippen LogP contribution >= 0.6 is 11.6 Å². The third-order valence-corrected chi connectivity index (χ3v) is 3.31. The molecule has 0 fully saturated rings. The molecule has 0 bridgehead atoms. The minimum Gasteiger partial charge on any atom is -0.463 e. The van der Waals surface area contributed by atoms with Crippen molar-refractivity contribution in [3.8, 4) is 12.0 Å². The van der Waals surface area contributed by atoms with Crippen LogP contribution in [0.3, 0.4) is 0 Å². The van der Waals surface area contributed by atoms with Crippen LogP contribution in [0.1, 0.15) is 31.7 Å². The molecule has 2 aromatic rings. The zero-order chi connectivity index (χ0) is 15.4. The van der Waals surface area contributed by atoms with Crippen molar-refractivity contribution in [1.82, 2.24) is 24.7 Å². The highest BCUT2D eigenvalue weighted by atomic mass is 35.5. The first-order chi connectivity index (χ1) is 10.1. The highest BCUT2D eigenvalue weighted by Gasteiger charge is 2.15. The van der Waals surface area contributed by atoms with Crippen LogP contribution in [0, 0.1) is 13.8 Å². The number of nitrogens with zero attached hydrogens (tertiary/aromatic N) is 5. The predicted molar refractivity (Wildman–Crippen MR) is 81.4 cm³/mol. The van der Waals surface area contributed by atoms with Crippen LogP contribution in [0.2, 0.25) is 5.02 Å². The van der Waals surface area contributed by atoms with E-state index in [9.17, 15) is 0 Å². The molecule has 114 valence electrons. The quantitative estimate of drug-likeness (QED) is 0.883. The van der Waals surface area contributed by atoms with E-state index in [0.717, 1.165) is 17.8 Å². The molecule has 0 unspecified atom stereocenters. The van der Waals surface area contributed by atoms with Crippen molar-refractivity contribution in [2.24, 2.45) is 0 Å². The Morgan fingerprint density at radius 1 is 1.19 bits per heavy atom. The first-order valence-corrected chi connectivity index (χ1v) is 7.29. The molecule has 0 saturated carbocycles. The van der Waals surface area contributed by atoms with Gasteiger partial charge < -0.3 is 10.1 Å². The van der Waals surface area contributed by atoms with Crippen LogP contribution in [0.15, 0.2) is 0 Å². The van der Waals surface area contributed by atoms with Crippen LogP contribution in [0.5, 0.6) is 6.01 Å². The second-order valence-electron chi connectivity index (χ2n) is 4.52. The Kier molecular flexibility index (Phi) is 4.95. The van der Waals surface area contributed by atoms with Gasteiger partial charge in [0.1, 0.15) is 0 Å². The number of hydrogen-bond donors (Lipinski definition) is 1. The van der Waals surface area contributed by atoms with Gasteiger partial charge in [-0.25, -0.2) is 4.68 Å². The Balaban J connectivity index is 2.45. The topological polar surface area (TPSA) is 77.8 Å². The van der Waals surface area contributed by atoms with Gasteiger partial charge in [-0.05, 0) is 27.2 Å². The molecule has 0 radical (unpaired) electrons. The number of anilines is 1. The summed E-state index contributed by atoms with van der Waals surface area (Å²) in [5.74, 6) is 0.844. The zero-order valence-corrected chi connectivity index (χ0v) is 13.4. The lowest BCUT2D eigenvalue weighted by Crippen LogP contribution is -2.12. The Morgan fingerprint density at radius 2 is 1.95 bits per heavy atom. The summed E-state index contributed by atoms with van der Waals surface area (Å²) in [6.45, 7) is 8.95. The lowest BCUT2D eigenvalue weighted by molar-refractivity contribution is 0.291. The molecule has 0 spiro atoms. The first-order valence-electron chi connectivity index (χ1n) is 6.91. The van der Waals surface area contributed by atoms with Gasteiger partial charge in [-0.1, -0.05) is 18.5 Å². The average molecular weight is 311 g/mol. The highest BCUT2D eigenvalue weighted by Crippen LogP contribution is 2.22. The van der Waals surface area contributed by atoms with Crippen molar-refractivity contribution >= 4 is 17.5 Å². The van der Waals surface area contributed by atoms with E-state index >= 15 is 0 Å². The molecule has 2 heterocycles. The molecule has 21 heavy (non-hydrogen) atoms. The van der Waals surface area contributed by atoms with Crippen molar-refractivity contribution in [2.45, 2.75) is 34.1 Å². The Hall–Kier alpha value is -1.89. The highest BCUT2D eigenvalue weighted by molar-refractivity contribution is 6.31. The molecular weight excluding hydrogens is 292 g/mol. The molecule has 2 rings (SSSR count). The zero-order valence-electron chi connectivity index (χ0n) is 12.6. The number of hydrogen-bond acceptors (Lipinski definition) is 6. The maximum absolute atomic E-state index is 6.17. The number of nitrogens with one attached hydrogen (secondary N) is 1. The maximum Gasteiger partial charge on any atom is 0.323 e. The third-order valence-electron chi connectivity index (χ3n) is 2.77. The fraction of sp³-hybridized carbons (Fsp3) is 0.538. The number of ether oxygens (including phenoxy) is 1. The molecule has 8 heteroatoms. The smallest absolute Gasteiger partial charge is 0.323 e. The van der Waals surface area contributed by atoms with Crippen molar-refractivity contribution in [3.63, 3.8) is 0 Å². The molecular formula is C13H19ClN6O. The number of aromatic nitrogens is 5. The fourth-order valence-electron chi connectivity index (χ4n) is 1.75. The van der Waals surface area contributed by atoms with E-state index in [-0.39, 0.29) is 6.01 Å². The second-order valence-corrected chi connectivity index (χ2v) is 4.89. The molecule has 0 amide bonds. The van der Waals surface area contributed by atoms with Gasteiger partial charge in [0.15, 0.2) is 0 Å². The van der Waals surface area contributed by atoms with Crippen molar-refractivity contribution < 1.29 is 4.74 Å². The van der Waals surface area contributed by atoms with Gasteiger partial charge in [0, 0.05) is 6.54 Å². The molecule has 0 atom stereocenters. The number of halogens is 1. The van der Waals surface area contributed by atoms with Gasteiger partial charge in [-0.15, -0.1) is 0 Å². The standard InChI is InChI=1S/C13H19ClN6O/c1-5-7-21-13-17-11(15-6-2)16-12(18-13)20-9(4)10(14)8(3)19-20/h5-7H2,1-4H3,(H,15,16,17,18). The minimum atomic E-state index is 0.279. The summed E-state index contributed by atoms with van der Waals surface area (Å²) in [7, 11) is 0.